The lowest BCUT2D eigenvalue weighted by molar-refractivity contribution is 0.422. The number of phenols is 2. The van der Waals surface area contributed by atoms with E-state index < -0.39 is 0 Å². The maximum absolute atomic E-state index is 10.9. The van der Waals surface area contributed by atoms with Crippen LogP contribution in [0.25, 0.3) is 0 Å². The van der Waals surface area contributed by atoms with Crippen LogP contribution in [0.2, 0.25) is 0 Å². The molecule has 0 saturated heterocycles. The molecule has 5 nitrogen and oxygen atoms in total. The van der Waals surface area contributed by atoms with Crippen molar-refractivity contribution in [2.45, 2.75) is 130 Å². The van der Waals surface area contributed by atoms with E-state index in [-0.39, 0.29) is 21.7 Å². The van der Waals surface area contributed by atoms with Gasteiger partial charge in [0.15, 0.2) is 0 Å². The van der Waals surface area contributed by atoms with E-state index in [1.165, 1.54) is 0 Å². The Labute approximate surface area is 251 Å². The van der Waals surface area contributed by atoms with Crippen molar-refractivity contribution in [2.24, 2.45) is 0 Å². The summed E-state index contributed by atoms with van der Waals surface area (Å²) in [5, 5.41) is 32.6. The van der Waals surface area contributed by atoms with Crippen molar-refractivity contribution in [3.63, 3.8) is 0 Å². The van der Waals surface area contributed by atoms with Gasteiger partial charge in [-0.25, -0.2) is 0 Å². The predicted molar refractivity (Wildman–Crippen MR) is 179 cm³/mol. The zero-order valence-corrected chi connectivity index (χ0v) is 28.4. The number of hydrogen-bond acceptors (Lipinski definition) is 5. The number of hydrogen-bond donors (Lipinski definition) is 5. The monoisotopic (exact) mass is 567 g/mol. The zero-order chi connectivity index (χ0) is 31.2. The predicted octanol–water partition coefficient (Wildman–Crippen LogP) is 8.96. The molecule has 5 N–H and O–H groups in total. The standard InChI is InChI=1S/C36H61N3O2/c1-33(2,3)27-21-25(22-28(31(27)40)34(4,5)6)38-19-15-13-17-37-18-14-16-20-39-26-23-29(35(7,8)9)32(41)30(24-26)36(10,11)12/h21-24,37-41H,13-20H2,1-12H3. The Hall–Kier alpha value is -2.40. The fourth-order valence-electron chi connectivity index (χ4n) is 5.10. The van der Waals surface area contributed by atoms with Crippen molar-refractivity contribution >= 4 is 11.4 Å². The molecule has 0 amide bonds. The number of aromatic hydroxyl groups is 2. The summed E-state index contributed by atoms with van der Waals surface area (Å²) < 4.78 is 0. The molecule has 2 aromatic carbocycles. The minimum atomic E-state index is -0.115. The van der Waals surface area contributed by atoms with Crippen molar-refractivity contribution in [1.82, 2.24) is 5.32 Å². The molecule has 0 fully saturated rings. The van der Waals surface area contributed by atoms with E-state index in [9.17, 15) is 10.2 Å². The zero-order valence-electron chi connectivity index (χ0n) is 28.4. The molecule has 232 valence electrons. The number of nitrogens with one attached hydrogen (secondary N) is 3. The number of phenolic OH excluding ortho intramolecular Hbond substituents is 2. The van der Waals surface area contributed by atoms with Crippen molar-refractivity contribution in [2.75, 3.05) is 36.8 Å². The van der Waals surface area contributed by atoms with E-state index in [1.54, 1.807) is 0 Å². The lowest BCUT2D eigenvalue weighted by atomic mass is 9.79. The van der Waals surface area contributed by atoms with Crippen LogP contribution in [-0.4, -0.2) is 36.4 Å². The lowest BCUT2D eigenvalue weighted by Gasteiger charge is -2.28. The van der Waals surface area contributed by atoms with E-state index in [0.29, 0.717) is 11.5 Å². The summed E-state index contributed by atoms with van der Waals surface area (Å²) in [7, 11) is 0. The van der Waals surface area contributed by atoms with Crippen LogP contribution < -0.4 is 16.0 Å². The van der Waals surface area contributed by atoms with Crippen LogP contribution in [-0.2, 0) is 21.7 Å². The Morgan fingerprint density at radius 2 is 0.683 bits per heavy atom. The van der Waals surface area contributed by atoms with E-state index in [0.717, 1.165) is 85.5 Å². The fraction of sp³-hybridized carbons (Fsp3) is 0.667. The van der Waals surface area contributed by atoms with Gasteiger partial charge >= 0.3 is 0 Å². The third-order valence-corrected chi connectivity index (χ3v) is 7.67. The first-order valence-corrected chi connectivity index (χ1v) is 15.7. The number of anilines is 2. The van der Waals surface area contributed by atoms with Crippen LogP contribution in [0.1, 0.15) is 131 Å². The maximum Gasteiger partial charge on any atom is 0.123 e. The van der Waals surface area contributed by atoms with Gasteiger partial charge in [-0.05, 0) is 84.7 Å². The third-order valence-electron chi connectivity index (χ3n) is 7.67. The molecule has 2 aromatic rings. The van der Waals surface area contributed by atoms with Gasteiger partial charge in [-0.1, -0.05) is 83.1 Å². The Bertz CT molecular complexity index is 966. The fourth-order valence-corrected chi connectivity index (χ4v) is 5.10. The average Bonchev–Trinajstić information content (AvgIpc) is 2.81. The molecular formula is C36H61N3O2. The van der Waals surface area contributed by atoms with Gasteiger partial charge < -0.3 is 26.2 Å². The van der Waals surface area contributed by atoms with Crippen molar-refractivity contribution in [1.29, 1.82) is 0 Å². The van der Waals surface area contributed by atoms with Crippen LogP contribution in [0.3, 0.4) is 0 Å². The minimum absolute atomic E-state index is 0.115. The van der Waals surface area contributed by atoms with E-state index >= 15 is 0 Å². The van der Waals surface area contributed by atoms with Crippen molar-refractivity contribution in [3.05, 3.63) is 46.5 Å². The second-order valence-corrected chi connectivity index (χ2v) is 15.9. The molecular weight excluding hydrogens is 506 g/mol. The molecule has 0 heterocycles. The summed E-state index contributed by atoms with van der Waals surface area (Å²) in [6, 6.07) is 8.46. The van der Waals surface area contributed by atoms with Gasteiger partial charge in [0.1, 0.15) is 11.5 Å². The third kappa shape index (κ3) is 10.4. The van der Waals surface area contributed by atoms with Gasteiger partial charge in [-0.15, -0.1) is 0 Å². The van der Waals surface area contributed by atoms with Crippen LogP contribution in [0.15, 0.2) is 24.3 Å². The molecule has 41 heavy (non-hydrogen) atoms. The topological polar surface area (TPSA) is 76.5 Å². The quantitative estimate of drug-likeness (QED) is 0.131. The van der Waals surface area contributed by atoms with E-state index in [4.69, 9.17) is 0 Å². The van der Waals surface area contributed by atoms with Crippen LogP contribution in [0, 0.1) is 0 Å². The second-order valence-electron chi connectivity index (χ2n) is 15.9. The van der Waals surface area contributed by atoms with Gasteiger partial charge in [0.2, 0.25) is 0 Å². The first-order chi connectivity index (χ1) is 18.7. The molecule has 0 bridgehead atoms. The smallest absolute Gasteiger partial charge is 0.123 e. The first kappa shape index (κ1) is 34.8. The number of rotatable bonds is 12. The summed E-state index contributed by atoms with van der Waals surface area (Å²) in [6.45, 7) is 29.7. The van der Waals surface area contributed by atoms with Crippen molar-refractivity contribution in [3.8, 4) is 11.5 Å². The summed E-state index contributed by atoms with van der Waals surface area (Å²) in [4.78, 5) is 0. The summed E-state index contributed by atoms with van der Waals surface area (Å²) in [6.07, 6.45) is 4.44. The molecule has 0 saturated carbocycles. The van der Waals surface area contributed by atoms with Crippen molar-refractivity contribution < 1.29 is 10.2 Å². The molecule has 0 aromatic heterocycles. The van der Waals surface area contributed by atoms with Gasteiger partial charge in [-0.2, -0.15) is 0 Å². The maximum atomic E-state index is 10.9. The molecule has 0 unspecified atom stereocenters. The molecule has 5 heteroatoms. The molecule has 0 atom stereocenters. The highest BCUT2D eigenvalue weighted by molar-refractivity contribution is 5.60. The highest BCUT2D eigenvalue weighted by Crippen LogP contribution is 2.42. The Kier molecular flexibility index (Phi) is 11.6. The molecule has 2 rings (SSSR count). The Morgan fingerprint density at radius 1 is 0.439 bits per heavy atom. The highest BCUT2D eigenvalue weighted by atomic mass is 16.3. The van der Waals surface area contributed by atoms with E-state index in [1.807, 2.05) is 0 Å². The van der Waals surface area contributed by atoms with Crippen LogP contribution >= 0.6 is 0 Å². The van der Waals surface area contributed by atoms with Crippen LogP contribution in [0.5, 0.6) is 11.5 Å². The van der Waals surface area contributed by atoms with Gasteiger partial charge in [0, 0.05) is 46.7 Å². The van der Waals surface area contributed by atoms with Gasteiger partial charge in [-0.3, -0.25) is 0 Å². The SMILES string of the molecule is CC(C)(C)c1cc(NCCCCNCCCCNc2cc(C(C)(C)C)c(O)c(C(C)(C)C)c2)cc(C(C)(C)C)c1O. The summed E-state index contributed by atoms with van der Waals surface area (Å²) in [5.74, 6) is 0.865. The number of benzene rings is 2. The molecule has 0 spiro atoms. The average molecular weight is 568 g/mol. The molecule has 0 aliphatic heterocycles. The molecule has 0 aliphatic rings. The lowest BCUT2D eigenvalue weighted by Crippen LogP contribution is -2.19. The van der Waals surface area contributed by atoms with E-state index in [2.05, 4.69) is 123 Å². The summed E-state index contributed by atoms with van der Waals surface area (Å²) >= 11 is 0. The molecule has 0 aliphatic carbocycles. The van der Waals surface area contributed by atoms with Gasteiger partial charge in [0.05, 0.1) is 0 Å². The van der Waals surface area contributed by atoms with Crippen LogP contribution in [0.4, 0.5) is 11.4 Å². The first-order valence-electron chi connectivity index (χ1n) is 15.7. The summed E-state index contributed by atoms with van der Waals surface area (Å²) in [5.41, 5.74) is 5.72. The molecule has 0 radical (unpaired) electrons. The second kappa shape index (κ2) is 13.7. The number of unbranched alkanes of at least 4 members (excludes halogenated alkanes) is 2. The Balaban J connectivity index is 1.74. The minimum Gasteiger partial charge on any atom is -0.507 e. The largest absolute Gasteiger partial charge is 0.507 e. The van der Waals surface area contributed by atoms with Gasteiger partial charge in [0.25, 0.3) is 0 Å². The Morgan fingerprint density at radius 3 is 0.927 bits per heavy atom. The normalized spacial score (nSPS) is 13.0. The highest BCUT2D eigenvalue weighted by Gasteiger charge is 2.27.